The van der Waals surface area contributed by atoms with Crippen molar-refractivity contribution in [3.63, 3.8) is 0 Å². The van der Waals surface area contributed by atoms with Crippen LogP contribution in [0.5, 0.6) is 0 Å². The molecule has 1 aromatic rings. The summed E-state index contributed by atoms with van der Waals surface area (Å²) < 4.78 is 10.6. The van der Waals surface area contributed by atoms with Gasteiger partial charge in [-0.05, 0) is 5.56 Å². The third-order valence-corrected chi connectivity index (χ3v) is 2.01. The number of benzene rings is 1. The molecule has 0 radical (unpaired) electrons. The van der Waals surface area contributed by atoms with E-state index >= 15 is 0 Å². The van der Waals surface area contributed by atoms with E-state index in [-0.39, 0.29) is 0 Å². The maximum absolute atomic E-state index is 10.6. The van der Waals surface area contributed by atoms with E-state index in [4.69, 9.17) is 0 Å². The molecular formula is C11H12OS. The molecule has 1 aromatic carbocycles. The average Bonchev–Trinajstić information content (AvgIpc) is 2.14. The van der Waals surface area contributed by atoms with E-state index in [1.807, 2.05) is 42.5 Å². The molecule has 0 spiro atoms. The van der Waals surface area contributed by atoms with Gasteiger partial charge < -0.3 is 0 Å². The summed E-state index contributed by atoms with van der Waals surface area (Å²) in [5.41, 5.74) is 1.15. The third-order valence-electron chi connectivity index (χ3n) is 1.47. The topological polar surface area (TPSA) is 17.1 Å². The summed E-state index contributed by atoms with van der Waals surface area (Å²) in [6.07, 6.45) is 7.30. The molecule has 2 heteroatoms. The molecule has 0 amide bonds. The van der Waals surface area contributed by atoms with Crippen LogP contribution in [0.1, 0.15) is 5.56 Å². The monoisotopic (exact) mass is 192 g/mol. The first kappa shape index (κ1) is 9.93. The van der Waals surface area contributed by atoms with Crippen molar-refractivity contribution in [3.05, 3.63) is 53.5 Å². The Morgan fingerprint density at radius 3 is 2.46 bits per heavy atom. The van der Waals surface area contributed by atoms with Crippen molar-refractivity contribution in [1.29, 1.82) is 0 Å². The number of rotatable bonds is 3. The van der Waals surface area contributed by atoms with Crippen LogP contribution < -0.4 is 0 Å². The van der Waals surface area contributed by atoms with Gasteiger partial charge in [-0.1, -0.05) is 48.6 Å². The lowest BCUT2D eigenvalue weighted by molar-refractivity contribution is 0.691. The Bertz CT molecular complexity index is 325. The minimum Gasteiger partial charge on any atom is -0.255 e. The van der Waals surface area contributed by atoms with E-state index in [2.05, 4.69) is 0 Å². The van der Waals surface area contributed by atoms with Gasteiger partial charge in [0.15, 0.2) is 0 Å². The van der Waals surface area contributed by atoms with E-state index in [1.165, 1.54) is 0 Å². The predicted molar refractivity (Wildman–Crippen MR) is 58.7 cm³/mol. The van der Waals surface area contributed by atoms with E-state index in [0.717, 1.165) is 5.56 Å². The molecule has 0 aromatic heterocycles. The molecule has 0 bridgehead atoms. The molecule has 0 N–H and O–H groups in total. The SMILES string of the molecule is C[S@@](=O)/C=C/C=C/c1ccccc1. The number of allylic oxidation sites excluding steroid dienone is 2. The van der Waals surface area contributed by atoms with Crippen molar-refractivity contribution in [3.8, 4) is 0 Å². The van der Waals surface area contributed by atoms with E-state index < -0.39 is 10.8 Å². The summed E-state index contributed by atoms with van der Waals surface area (Å²) >= 11 is 0. The van der Waals surface area contributed by atoms with Crippen molar-refractivity contribution in [1.82, 2.24) is 0 Å². The summed E-state index contributed by atoms with van der Waals surface area (Å²) in [5.74, 6) is 0. The lowest BCUT2D eigenvalue weighted by Gasteiger charge is -1.88. The molecule has 0 saturated carbocycles. The Balaban J connectivity index is 2.55. The van der Waals surface area contributed by atoms with Gasteiger partial charge >= 0.3 is 0 Å². The van der Waals surface area contributed by atoms with Crippen LogP contribution in [-0.2, 0) is 10.8 Å². The highest BCUT2D eigenvalue weighted by molar-refractivity contribution is 7.87. The molecule has 1 atom stereocenters. The maximum atomic E-state index is 10.6. The van der Waals surface area contributed by atoms with Crippen molar-refractivity contribution in [2.24, 2.45) is 0 Å². The molecule has 0 fully saturated rings. The zero-order valence-corrected chi connectivity index (χ0v) is 8.33. The van der Waals surface area contributed by atoms with Gasteiger partial charge in [0, 0.05) is 22.5 Å². The first-order chi connectivity index (χ1) is 6.29. The molecule has 13 heavy (non-hydrogen) atoms. The Hall–Kier alpha value is -1.15. The first-order valence-electron chi connectivity index (χ1n) is 4.01. The summed E-state index contributed by atoms with van der Waals surface area (Å²) in [6, 6.07) is 10.00. The van der Waals surface area contributed by atoms with Crippen LogP contribution in [0, 0.1) is 0 Å². The van der Waals surface area contributed by atoms with Crippen molar-refractivity contribution >= 4 is 16.9 Å². The smallest absolute Gasteiger partial charge is 0.0424 e. The molecule has 0 aliphatic heterocycles. The van der Waals surface area contributed by atoms with Crippen LogP contribution in [-0.4, -0.2) is 10.5 Å². The molecule has 0 aliphatic carbocycles. The summed E-state index contributed by atoms with van der Waals surface area (Å²) in [5, 5.41) is 1.65. The second-order valence-electron chi connectivity index (χ2n) is 2.60. The van der Waals surface area contributed by atoms with E-state index in [9.17, 15) is 4.21 Å². The van der Waals surface area contributed by atoms with E-state index in [1.54, 1.807) is 17.7 Å². The van der Waals surface area contributed by atoms with Gasteiger partial charge in [-0.3, -0.25) is 4.21 Å². The highest BCUT2D eigenvalue weighted by Crippen LogP contribution is 2.00. The largest absolute Gasteiger partial charge is 0.255 e. The minimum atomic E-state index is -0.855. The van der Waals surface area contributed by atoms with Gasteiger partial charge in [0.1, 0.15) is 0 Å². The zero-order chi connectivity index (χ0) is 9.52. The molecule has 1 rings (SSSR count). The Morgan fingerprint density at radius 2 is 1.85 bits per heavy atom. The van der Waals surface area contributed by atoms with Crippen LogP contribution in [0.25, 0.3) is 6.08 Å². The third kappa shape index (κ3) is 4.43. The second-order valence-corrected chi connectivity index (χ2v) is 3.87. The summed E-state index contributed by atoms with van der Waals surface area (Å²) in [4.78, 5) is 0. The zero-order valence-electron chi connectivity index (χ0n) is 7.51. The molecule has 0 aliphatic rings. The van der Waals surface area contributed by atoms with Crippen LogP contribution in [0.15, 0.2) is 47.9 Å². The van der Waals surface area contributed by atoms with Crippen LogP contribution >= 0.6 is 0 Å². The lowest BCUT2D eigenvalue weighted by atomic mass is 10.2. The molecule has 0 saturated heterocycles. The van der Waals surface area contributed by atoms with Gasteiger partial charge in [0.2, 0.25) is 0 Å². The molecule has 68 valence electrons. The lowest BCUT2D eigenvalue weighted by Crippen LogP contribution is -1.72. The second kappa shape index (κ2) is 5.49. The minimum absolute atomic E-state index is 0.855. The average molecular weight is 192 g/mol. The Morgan fingerprint density at radius 1 is 1.15 bits per heavy atom. The van der Waals surface area contributed by atoms with Gasteiger partial charge in [-0.25, -0.2) is 0 Å². The standard InChI is InChI=1S/C11H12OS/c1-13(12)10-6-5-9-11-7-3-2-4-8-11/h2-10H,1H3/b9-5+,10-6+/t13-/m1/s1. The fourth-order valence-corrected chi connectivity index (χ4v) is 1.20. The highest BCUT2D eigenvalue weighted by atomic mass is 32.2. The summed E-state index contributed by atoms with van der Waals surface area (Å²) in [7, 11) is -0.855. The van der Waals surface area contributed by atoms with Gasteiger partial charge in [-0.2, -0.15) is 0 Å². The van der Waals surface area contributed by atoms with Gasteiger partial charge in [0.05, 0.1) is 0 Å². The Kier molecular flexibility index (Phi) is 4.19. The summed E-state index contributed by atoms with van der Waals surface area (Å²) in [6.45, 7) is 0. The van der Waals surface area contributed by atoms with Crippen molar-refractivity contribution in [2.75, 3.05) is 6.26 Å². The normalized spacial score (nSPS) is 13.9. The molecule has 1 nitrogen and oxygen atoms in total. The molecular weight excluding hydrogens is 180 g/mol. The van der Waals surface area contributed by atoms with Crippen molar-refractivity contribution < 1.29 is 4.21 Å². The van der Waals surface area contributed by atoms with Crippen LogP contribution in [0.2, 0.25) is 0 Å². The highest BCUT2D eigenvalue weighted by Gasteiger charge is 1.80. The number of hydrogen-bond acceptors (Lipinski definition) is 1. The molecule has 0 heterocycles. The fraction of sp³-hybridized carbons (Fsp3) is 0.0909. The Labute approximate surface area is 81.3 Å². The van der Waals surface area contributed by atoms with Gasteiger partial charge in [0.25, 0.3) is 0 Å². The van der Waals surface area contributed by atoms with Crippen LogP contribution in [0.4, 0.5) is 0 Å². The van der Waals surface area contributed by atoms with Gasteiger partial charge in [-0.15, -0.1) is 0 Å². The number of hydrogen-bond donors (Lipinski definition) is 0. The van der Waals surface area contributed by atoms with E-state index in [0.29, 0.717) is 0 Å². The molecule has 0 unspecified atom stereocenters. The first-order valence-corrected chi connectivity index (χ1v) is 5.63. The van der Waals surface area contributed by atoms with Crippen molar-refractivity contribution in [2.45, 2.75) is 0 Å². The quantitative estimate of drug-likeness (QED) is 0.673. The maximum Gasteiger partial charge on any atom is 0.0424 e. The van der Waals surface area contributed by atoms with Crippen LogP contribution in [0.3, 0.4) is 0 Å². The fourth-order valence-electron chi connectivity index (χ4n) is 0.887. The predicted octanol–water partition coefficient (Wildman–Crippen LogP) is 2.59.